The number of nitrogens with zero attached hydrogens (tertiary/aromatic N) is 1. The molecule has 1 aliphatic heterocycles. The van der Waals surface area contributed by atoms with Gasteiger partial charge in [0.25, 0.3) is 0 Å². The average Bonchev–Trinajstić information content (AvgIpc) is 2.28. The van der Waals surface area contributed by atoms with E-state index in [0.717, 1.165) is 13.2 Å². The van der Waals surface area contributed by atoms with E-state index in [-0.39, 0.29) is 0 Å². The van der Waals surface area contributed by atoms with Gasteiger partial charge in [-0.3, -0.25) is 4.90 Å². The van der Waals surface area contributed by atoms with Gasteiger partial charge in [-0.25, -0.2) is 0 Å². The van der Waals surface area contributed by atoms with Gasteiger partial charge >= 0.3 is 0 Å². The maximum atomic E-state index is 5.66. The third kappa shape index (κ3) is 4.09. The number of hydrogen-bond acceptors (Lipinski definition) is 3. The van der Waals surface area contributed by atoms with Crippen molar-refractivity contribution in [2.24, 2.45) is 0 Å². The molecule has 0 spiro atoms. The van der Waals surface area contributed by atoms with E-state index in [4.69, 9.17) is 4.74 Å². The Bertz CT molecular complexity index is 156. The number of likely N-dealkylation sites (N-methyl/N-ethyl adjacent to an activating group) is 1. The third-order valence-electron chi connectivity index (χ3n) is 3.31. The number of likely N-dealkylation sites (tertiary alicyclic amines) is 1. The lowest BCUT2D eigenvalue weighted by Crippen LogP contribution is -2.46. The van der Waals surface area contributed by atoms with Crippen LogP contribution >= 0.6 is 0 Å². The molecule has 0 saturated carbocycles. The van der Waals surface area contributed by atoms with Crippen molar-refractivity contribution in [1.82, 2.24) is 10.2 Å². The van der Waals surface area contributed by atoms with Gasteiger partial charge < -0.3 is 10.1 Å². The zero-order valence-corrected chi connectivity index (χ0v) is 10.5. The highest BCUT2D eigenvalue weighted by molar-refractivity contribution is 4.79. The van der Waals surface area contributed by atoms with Gasteiger partial charge in [-0.05, 0) is 33.2 Å². The highest BCUT2D eigenvalue weighted by Crippen LogP contribution is 2.16. The summed E-state index contributed by atoms with van der Waals surface area (Å²) in [6, 6.07) is 0.706. The molecule has 90 valence electrons. The zero-order chi connectivity index (χ0) is 11.1. The molecule has 15 heavy (non-hydrogen) atoms. The molecule has 1 heterocycles. The Morgan fingerprint density at radius 2 is 2.00 bits per heavy atom. The van der Waals surface area contributed by atoms with Crippen LogP contribution in [0.4, 0.5) is 0 Å². The summed E-state index contributed by atoms with van der Waals surface area (Å²) in [6.45, 7) is 8.72. The monoisotopic (exact) mass is 214 g/mol. The SMILES string of the molecule is CCOC1CCN(C(CC)CNC)CC1. The molecule has 3 nitrogen and oxygen atoms in total. The summed E-state index contributed by atoms with van der Waals surface area (Å²) < 4.78 is 5.66. The minimum Gasteiger partial charge on any atom is -0.378 e. The van der Waals surface area contributed by atoms with Crippen LogP contribution in [0, 0.1) is 0 Å². The molecule has 1 unspecified atom stereocenters. The molecule has 1 N–H and O–H groups in total. The van der Waals surface area contributed by atoms with Crippen molar-refractivity contribution in [2.75, 3.05) is 33.3 Å². The van der Waals surface area contributed by atoms with Crippen LogP contribution in [0.15, 0.2) is 0 Å². The molecule has 1 aliphatic rings. The molecule has 0 amide bonds. The standard InChI is InChI=1S/C12H26N2O/c1-4-11(10-13-3)14-8-6-12(7-9-14)15-5-2/h11-13H,4-10H2,1-3H3. The van der Waals surface area contributed by atoms with Crippen molar-refractivity contribution in [3.8, 4) is 0 Å². The number of nitrogens with one attached hydrogen (secondary N) is 1. The first-order valence-corrected chi connectivity index (χ1v) is 6.32. The maximum Gasteiger partial charge on any atom is 0.0599 e. The van der Waals surface area contributed by atoms with Crippen LogP contribution in [0.3, 0.4) is 0 Å². The summed E-state index contributed by atoms with van der Waals surface area (Å²) in [5.74, 6) is 0. The summed E-state index contributed by atoms with van der Waals surface area (Å²) in [4.78, 5) is 2.60. The number of piperidine rings is 1. The van der Waals surface area contributed by atoms with Gasteiger partial charge in [-0.1, -0.05) is 6.92 Å². The average molecular weight is 214 g/mol. The highest BCUT2D eigenvalue weighted by Gasteiger charge is 2.23. The Hall–Kier alpha value is -0.120. The fourth-order valence-electron chi connectivity index (χ4n) is 2.41. The molecule has 1 fully saturated rings. The first-order valence-electron chi connectivity index (χ1n) is 6.32. The van der Waals surface area contributed by atoms with E-state index in [1.807, 2.05) is 7.05 Å². The summed E-state index contributed by atoms with van der Waals surface area (Å²) in [5, 5.41) is 3.28. The molecule has 0 aliphatic carbocycles. The lowest BCUT2D eigenvalue weighted by atomic mass is 10.0. The van der Waals surface area contributed by atoms with Crippen molar-refractivity contribution in [3.63, 3.8) is 0 Å². The minimum absolute atomic E-state index is 0.512. The summed E-state index contributed by atoms with van der Waals surface area (Å²) >= 11 is 0. The number of ether oxygens (including phenoxy) is 1. The Kier molecular flexibility index (Phi) is 6.22. The quantitative estimate of drug-likeness (QED) is 0.725. The smallest absolute Gasteiger partial charge is 0.0599 e. The fraction of sp³-hybridized carbons (Fsp3) is 1.00. The van der Waals surface area contributed by atoms with Crippen LogP contribution in [0.2, 0.25) is 0 Å². The van der Waals surface area contributed by atoms with Gasteiger partial charge in [0.05, 0.1) is 6.10 Å². The highest BCUT2D eigenvalue weighted by atomic mass is 16.5. The van der Waals surface area contributed by atoms with Crippen LogP contribution in [0.1, 0.15) is 33.1 Å². The normalized spacial score (nSPS) is 21.8. The van der Waals surface area contributed by atoms with E-state index in [2.05, 4.69) is 24.1 Å². The summed E-state index contributed by atoms with van der Waals surface area (Å²) in [6.07, 6.45) is 4.15. The van der Waals surface area contributed by atoms with Gasteiger partial charge in [-0.2, -0.15) is 0 Å². The fourth-order valence-corrected chi connectivity index (χ4v) is 2.41. The molecule has 1 saturated heterocycles. The van der Waals surface area contributed by atoms with Crippen molar-refractivity contribution < 1.29 is 4.74 Å². The molecular formula is C12H26N2O. The first-order chi connectivity index (χ1) is 7.31. The minimum atomic E-state index is 0.512. The topological polar surface area (TPSA) is 24.5 Å². The molecule has 0 radical (unpaired) electrons. The van der Waals surface area contributed by atoms with E-state index in [9.17, 15) is 0 Å². The van der Waals surface area contributed by atoms with E-state index in [1.54, 1.807) is 0 Å². The molecule has 0 aromatic rings. The summed E-state index contributed by atoms with van der Waals surface area (Å²) in [5.41, 5.74) is 0. The molecule has 1 atom stereocenters. The van der Waals surface area contributed by atoms with Crippen LogP contribution in [0.25, 0.3) is 0 Å². The Balaban J connectivity index is 2.28. The lowest BCUT2D eigenvalue weighted by molar-refractivity contribution is 0.00377. The van der Waals surface area contributed by atoms with E-state index in [0.29, 0.717) is 12.1 Å². The largest absolute Gasteiger partial charge is 0.378 e. The molecule has 0 bridgehead atoms. The predicted molar refractivity (Wildman–Crippen MR) is 64.2 cm³/mol. The Morgan fingerprint density at radius 3 is 2.47 bits per heavy atom. The van der Waals surface area contributed by atoms with Crippen molar-refractivity contribution in [1.29, 1.82) is 0 Å². The van der Waals surface area contributed by atoms with Gasteiger partial charge in [0.1, 0.15) is 0 Å². The van der Waals surface area contributed by atoms with Gasteiger partial charge in [0, 0.05) is 32.3 Å². The molecule has 0 aromatic heterocycles. The second-order valence-electron chi connectivity index (χ2n) is 4.31. The second kappa shape index (κ2) is 7.20. The van der Waals surface area contributed by atoms with Gasteiger partial charge in [-0.15, -0.1) is 0 Å². The number of rotatable bonds is 6. The first kappa shape index (κ1) is 12.9. The summed E-state index contributed by atoms with van der Waals surface area (Å²) in [7, 11) is 2.04. The van der Waals surface area contributed by atoms with E-state index in [1.165, 1.54) is 32.4 Å². The number of hydrogen-bond donors (Lipinski definition) is 1. The zero-order valence-electron chi connectivity index (χ0n) is 10.5. The van der Waals surface area contributed by atoms with E-state index < -0.39 is 0 Å². The molecule has 1 rings (SSSR count). The molecule has 0 aromatic carbocycles. The van der Waals surface area contributed by atoms with Gasteiger partial charge in [0.2, 0.25) is 0 Å². The molecular weight excluding hydrogens is 188 g/mol. The Morgan fingerprint density at radius 1 is 1.33 bits per heavy atom. The van der Waals surface area contributed by atoms with Crippen molar-refractivity contribution in [3.05, 3.63) is 0 Å². The Labute approximate surface area is 94.2 Å². The second-order valence-corrected chi connectivity index (χ2v) is 4.31. The van der Waals surface area contributed by atoms with Crippen molar-refractivity contribution >= 4 is 0 Å². The van der Waals surface area contributed by atoms with Crippen LogP contribution < -0.4 is 5.32 Å². The van der Waals surface area contributed by atoms with Crippen molar-refractivity contribution in [2.45, 2.75) is 45.3 Å². The maximum absolute atomic E-state index is 5.66. The van der Waals surface area contributed by atoms with Crippen LogP contribution in [-0.2, 0) is 4.74 Å². The van der Waals surface area contributed by atoms with Crippen LogP contribution in [0.5, 0.6) is 0 Å². The third-order valence-corrected chi connectivity index (χ3v) is 3.31. The lowest BCUT2D eigenvalue weighted by Gasteiger charge is -2.37. The van der Waals surface area contributed by atoms with Crippen LogP contribution in [-0.4, -0.2) is 50.3 Å². The van der Waals surface area contributed by atoms with E-state index >= 15 is 0 Å². The predicted octanol–water partition coefficient (Wildman–Crippen LogP) is 1.49. The van der Waals surface area contributed by atoms with Gasteiger partial charge in [0.15, 0.2) is 0 Å². The molecule has 3 heteroatoms.